The maximum Gasteiger partial charge on any atom is 0.345 e. The Morgan fingerprint density at radius 2 is 1.81 bits per heavy atom. The van der Waals surface area contributed by atoms with E-state index in [1.165, 1.54) is 0 Å². The Bertz CT molecular complexity index is 1010. The average Bonchev–Trinajstić information content (AvgIpc) is 2.42. The molecule has 0 saturated carbocycles. The van der Waals surface area contributed by atoms with Crippen molar-refractivity contribution in [3.8, 4) is 0 Å². The van der Waals surface area contributed by atoms with E-state index in [1.54, 1.807) is 24.3 Å². The van der Waals surface area contributed by atoms with Crippen LogP contribution >= 0.6 is 7.60 Å². The molecule has 0 aliphatic carbocycles. The van der Waals surface area contributed by atoms with E-state index in [0.29, 0.717) is 16.4 Å². The second-order valence-corrected chi connectivity index (χ2v) is 6.29. The van der Waals surface area contributed by atoms with Gasteiger partial charge in [0.25, 0.3) is 0 Å². The number of H-pyrrole nitrogens is 1. The van der Waals surface area contributed by atoms with E-state index in [2.05, 4.69) is 4.98 Å². The maximum atomic E-state index is 12.0. The second kappa shape index (κ2) is 4.66. The molecule has 3 N–H and O–H groups in total. The van der Waals surface area contributed by atoms with Gasteiger partial charge in [-0.1, -0.05) is 30.3 Å². The molecule has 0 fully saturated rings. The van der Waals surface area contributed by atoms with E-state index in [4.69, 9.17) is 9.79 Å². The fraction of sp³-hybridized carbons (Fsp3) is 0.0769. The Morgan fingerprint density at radius 3 is 2.52 bits per heavy atom. The van der Waals surface area contributed by atoms with Crippen molar-refractivity contribution in [3.05, 3.63) is 57.1 Å². The van der Waals surface area contributed by atoms with E-state index in [9.17, 15) is 14.2 Å². The van der Waals surface area contributed by atoms with Crippen molar-refractivity contribution in [3.63, 3.8) is 0 Å². The largest absolute Gasteiger partial charge is 0.345 e. The molecule has 3 aromatic rings. The highest BCUT2D eigenvalue weighted by molar-refractivity contribution is 7.50. The summed E-state index contributed by atoms with van der Waals surface area (Å²) >= 11 is 0. The molecule has 1 heterocycles. The SMILES string of the molecule is O=c1[nH]c2ccc3ccccc3c2n(CP(=O)(O)O)c1=O. The fourth-order valence-electron chi connectivity index (χ4n) is 2.37. The Hall–Kier alpha value is -2.21. The van der Waals surface area contributed by atoms with Gasteiger partial charge >= 0.3 is 18.7 Å². The molecule has 2 aromatic carbocycles. The molecule has 0 bridgehead atoms. The topological polar surface area (TPSA) is 112 Å². The van der Waals surface area contributed by atoms with Gasteiger partial charge in [-0.2, -0.15) is 0 Å². The van der Waals surface area contributed by atoms with Crippen molar-refractivity contribution in [2.75, 3.05) is 0 Å². The van der Waals surface area contributed by atoms with E-state index < -0.39 is 25.0 Å². The number of hydrogen-bond acceptors (Lipinski definition) is 3. The van der Waals surface area contributed by atoms with Crippen LogP contribution in [0, 0.1) is 0 Å². The van der Waals surface area contributed by atoms with Crippen molar-refractivity contribution < 1.29 is 14.4 Å². The number of aromatic nitrogens is 2. The van der Waals surface area contributed by atoms with Crippen LogP contribution in [0.2, 0.25) is 0 Å². The third-order valence-corrected chi connectivity index (χ3v) is 3.84. The molecular weight excluding hydrogens is 295 g/mol. The number of benzene rings is 2. The van der Waals surface area contributed by atoms with Gasteiger partial charge < -0.3 is 14.8 Å². The van der Waals surface area contributed by atoms with Crippen LogP contribution in [0.1, 0.15) is 0 Å². The number of hydrogen-bond donors (Lipinski definition) is 3. The molecule has 3 rings (SSSR count). The predicted molar refractivity (Wildman–Crippen MR) is 78.4 cm³/mol. The normalized spacial score (nSPS) is 12.1. The smallest absolute Gasteiger partial charge is 0.323 e. The van der Waals surface area contributed by atoms with E-state index in [0.717, 1.165) is 9.95 Å². The van der Waals surface area contributed by atoms with Crippen molar-refractivity contribution >= 4 is 29.4 Å². The summed E-state index contributed by atoms with van der Waals surface area (Å²) in [6.07, 6.45) is -0.833. The first kappa shape index (κ1) is 13.8. The second-order valence-electron chi connectivity index (χ2n) is 4.68. The summed E-state index contributed by atoms with van der Waals surface area (Å²) in [5.74, 6) is 0. The van der Waals surface area contributed by atoms with Crippen LogP contribution in [0.4, 0.5) is 0 Å². The molecule has 0 radical (unpaired) electrons. The third kappa shape index (κ3) is 2.42. The molecule has 7 nitrogen and oxygen atoms in total. The summed E-state index contributed by atoms with van der Waals surface area (Å²) in [4.78, 5) is 44.4. The summed E-state index contributed by atoms with van der Waals surface area (Å²) in [5.41, 5.74) is -1.24. The molecular formula is C13H11N2O5P. The first-order valence-corrected chi connectivity index (χ1v) is 7.86. The minimum atomic E-state index is -4.51. The van der Waals surface area contributed by atoms with Gasteiger partial charge in [0, 0.05) is 5.39 Å². The number of nitrogens with one attached hydrogen (secondary N) is 1. The van der Waals surface area contributed by atoms with Gasteiger partial charge in [0.05, 0.1) is 11.0 Å². The highest BCUT2D eigenvalue weighted by Crippen LogP contribution is 2.37. The van der Waals surface area contributed by atoms with Crippen LogP contribution in [0.25, 0.3) is 21.8 Å². The molecule has 0 spiro atoms. The lowest BCUT2D eigenvalue weighted by molar-refractivity contribution is 0.362. The van der Waals surface area contributed by atoms with Crippen LogP contribution in [0.3, 0.4) is 0 Å². The van der Waals surface area contributed by atoms with E-state index >= 15 is 0 Å². The summed E-state index contributed by atoms with van der Waals surface area (Å²) in [7, 11) is -4.51. The monoisotopic (exact) mass is 306 g/mol. The summed E-state index contributed by atoms with van der Waals surface area (Å²) in [6, 6.07) is 10.5. The van der Waals surface area contributed by atoms with Crippen molar-refractivity contribution in [2.45, 2.75) is 6.29 Å². The summed E-state index contributed by atoms with van der Waals surface area (Å²) < 4.78 is 12.1. The number of rotatable bonds is 2. The minimum absolute atomic E-state index is 0.307. The first-order valence-electron chi connectivity index (χ1n) is 6.06. The minimum Gasteiger partial charge on any atom is -0.323 e. The predicted octanol–water partition coefficient (Wildman–Crippen LogP) is 0.978. The first-order chi connectivity index (χ1) is 9.87. The molecule has 0 atom stereocenters. The van der Waals surface area contributed by atoms with Crippen LogP contribution in [-0.4, -0.2) is 19.3 Å². The lowest BCUT2D eigenvalue weighted by Crippen LogP contribution is -2.36. The Labute approximate surface area is 117 Å². The molecule has 0 aliphatic heterocycles. The lowest BCUT2D eigenvalue weighted by atomic mass is 10.1. The summed E-state index contributed by atoms with van der Waals surface area (Å²) in [5, 5.41) is 1.44. The van der Waals surface area contributed by atoms with Crippen LogP contribution in [0.15, 0.2) is 46.0 Å². The van der Waals surface area contributed by atoms with Gasteiger partial charge in [-0.15, -0.1) is 0 Å². The van der Waals surface area contributed by atoms with Gasteiger partial charge in [-0.25, -0.2) is 0 Å². The van der Waals surface area contributed by atoms with Crippen LogP contribution in [0.5, 0.6) is 0 Å². The highest BCUT2D eigenvalue weighted by atomic mass is 31.2. The zero-order valence-electron chi connectivity index (χ0n) is 10.7. The molecule has 0 aliphatic rings. The van der Waals surface area contributed by atoms with Gasteiger partial charge in [0.1, 0.15) is 6.29 Å². The number of nitrogens with zero attached hydrogens (tertiary/aromatic N) is 1. The highest BCUT2D eigenvalue weighted by Gasteiger charge is 2.19. The molecule has 0 amide bonds. The van der Waals surface area contributed by atoms with Crippen molar-refractivity contribution in [1.29, 1.82) is 0 Å². The van der Waals surface area contributed by atoms with Gasteiger partial charge in [0.2, 0.25) is 0 Å². The van der Waals surface area contributed by atoms with Gasteiger partial charge in [-0.3, -0.25) is 18.7 Å². The quantitative estimate of drug-likeness (QED) is 0.371. The molecule has 108 valence electrons. The molecule has 0 unspecified atom stereocenters. The number of fused-ring (bicyclic) bond motifs is 3. The average molecular weight is 306 g/mol. The lowest BCUT2D eigenvalue weighted by Gasteiger charge is -2.12. The zero-order chi connectivity index (χ0) is 15.2. The van der Waals surface area contributed by atoms with Gasteiger partial charge in [0.15, 0.2) is 0 Å². The maximum absolute atomic E-state index is 12.0. The van der Waals surface area contributed by atoms with Crippen molar-refractivity contribution in [2.24, 2.45) is 0 Å². The Kier molecular flexibility index (Phi) is 3.06. The fourth-order valence-corrected chi connectivity index (χ4v) is 3.00. The third-order valence-electron chi connectivity index (χ3n) is 3.18. The van der Waals surface area contributed by atoms with Crippen LogP contribution < -0.4 is 11.1 Å². The zero-order valence-corrected chi connectivity index (χ0v) is 11.6. The Balaban J connectivity index is 2.55. The molecule has 8 heteroatoms. The van der Waals surface area contributed by atoms with E-state index in [-0.39, 0.29) is 0 Å². The molecule has 0 saturated heterocycles. The van der Waals surface area contributed by atoms with Crippen LogP contribution in [-0.2, 0) is 10.9 Å². The molecule has 21 heavy (non-hydrogen) atoms. The summed E-state index contributed by atoms with van der Waals surface area (Å²) in [6.45, 7) is 0. The number of aromatic amines is 1. The standard InChI is InChI=1S/C13H11N2O5P/c16-12-13(17)15(7-21(18,19)20)11-9-4-2-1-3-8(9)5-6-10(11)14-12/h1-6H,7H2,(H,14,16)(H2,18,19,20). The Morgan fingerprint density at radius 1 is 1.10 bits per heavy atom. The molecule has 1 aromatic heterocycles. The van der Waals surface area contributed by atoms with E-state index in [1.807, 2.05) is 12.1 Å². The van der Waals surface area contributed by atoms with Gasteiger partial charge in [-0.05, 0) is 11.5 Å². The van der Waals surface area contributed by atoms with Crippen molar-refractivity contribution in [1.82, 2.24) is 9.55 Å².